The quantitative estimate of drug-likeness (QED) is 0.817. The van der Waals surface area contributed by atoms with E-state index in [4.69, 9.17) is 16.3 Å². The van der Waals surface area contributed by atoms with Crippen molar-refractivity contribution in [3.8, 4) is 5.75 Å². The fraction of sp³-hybridized carbons (Fsp3) is 0.200. The molecule has 0 aliphatic rings. The molecule has 19 heavy (non-hydrogen) atoms. The maximum Gasteiger partial charge on any atom is 0.118 e. The second-order valence-corrected chi connectivity index (χ2v) is 5.53. The predicted octanol–water partition coefficient (Wildman–Crippen LogP) is 5.28. The molecule has 2 rings (SSSR count). The molecule has 1 N–H and O–H groups in total. The highest BCUT2D eigenvalue weighted by molar-refractivity contribution is 9.10. The first-order valence-electron chi connectivity index (χ1n) is 5.95. The average molecular weight is 341 g/mol. The number of hydrogen-bond donors (Lipinski definition) is 1. The Morgan fingerprint density at radius 1 is 1.16 bits per heavy atom. The minimum Gasteiger partial charge on any atom is -0.497 e. The van der Waals surface area contributed by atoms with Gasteiger partial charge in [-0.05, 0) is 58.7 Å². The van der Waals surface area contributed by atoms with E-state index in [2.05, 4.69) is 40.3 Å². The highest BCUT2D eigenvalue weighted by atomic mass is 79.9. The Kier molecular flexibility index (Phi) is 4.72. The molecule has 2 nitrogen and oxygen atoms in total. The van der Waals surface area contributed by atoms with Gasteiger partial charge < -0.3 is 10.1 Å². The van der Waals surface area contributed by atoms with Crippen LogP contribution in [0.5, 0.6) is 5.75 Å². The molecule has 100 valence electrons. The SMILES string of the molecule is COc1ccc(C(C)Nc2ccc(Cl)c(Br)c2)cc1. The number of anilines is 1. The van der Waals surface area contributed by atoms with Crippen molar-refractivity contribution in [1.29, 1.82) is 0 Å². The smallest absolute Gasteiger partial charge is 0.118 e. The van der Waals surface area contributed by atoms with Crippen LogP contribution in [0.2, 0.25) is 5.02 Å². The molecule has 2 aromatic rings. The molecule has 0 spiro atoms. The van der Waals surface area contributed by atoms with Gasteiger partial charge in [0.05, 0.1) is 12.1 Å². The summed E-state index contributed by atoms with van der Waals surface area (Å²) in [4.78, 5) is 0. The number of hydrogen-bond acceptors (Lipinski definition) is 2. The Morgan fingerprint density at radius 2 is 1.84 bits per heavy atom. The monoisotopic (exact) mass is 339 g/mol. The summed E-state index contributed by atoms with van der Waals surface area (Å²) in [6.07, 6.45) is 0. The molecule has 0 heterocycles. The molecule has 0 radical (unpaired) electrons. The minimum absolute atomic E-state index is 0.207. The Labute approximate surface area is 126 Å². The van der Waals surface area contributed by atoms with Crippen molar-refractivity contribution in [3.05, 3.63) is 57.5 Å². The second kappa shape index (κ2) is 6.31. The normalized spacial score (nSPS) is 12.0. The molecule has 2 aromatic carbocycles. The summed E-state index contributed by atoms with van der Waals surface area (Å²) in [5.41, 5.74) is 2.23. The number of nitrogens with one attached hydrogen (secondary N) is 1. The Hall–Kier alpha value is -1.19. The molecule has 0 saturated heterocycles. The summed E-state index contributed by atoms with van der Waals surface area (Å²) >= 11 is 9.40. The van der Waals surface area contributed by atoms with Gasteiger partial charge in [0.15, 0.2) is 0 Å². The molecule has 0 fully saturated rings. The van der Waals surface area contributed by atoms with Crippen LogP contribution in [0.4, 0.5) is 5.69 Å². The van der Waals surface area contributed by atoms with E-state index >= 15 is 0 Å². The topological polar surface area (TPSA) is 21.3 Å². The van der Waals surface area contributed by atoms with E-state index in [1.54, 1.807) is 7.11 Å². The fourth-order valence-corrected chi connectivity index (χ4v) is 2.31. The van der Waals surface area contributed by atoms with E-state index in [0.717, 1.165) is 15.9 Å². The van der Waals surface area contributed by atoms with Crippen LogP contribution in [0, 0.1) is 0 Å². The van der Waals surface area contributed by atoms with Crippen molar-refractivity contribution in [3.63, 3.8) is 0 Å². The molecule has 0 aromatic heterocycles. The Bertz CT molecular complexity index is 557. The number of methoxy groups -OCH3 is 1. The lowest BCUT2D eigenvalue weighted by Gasteiger charge is -2.16. The first-order chi connectivity index (χ1) is 9.10. The third-order valence-electron chi connectivity index (χ3n) is 2.92. The average Bonchev–Trinajstić information content (AvgIpc) is 2.43. The molecular formula is C15H15BrClNO. The highest BCUT2D eigenvalue weighted by Gasteiger charge is 2.06. The van der Waals surface area contributed by atoms with Gasteiger partial charge in [-0.1, -0.05) is 23.7 Å². The van der Waals surface area contributed by atoms with Gasteiger partial charge in [-0.3, -0.25) is 0 Å². The van der Waals surface area contributed by atoms with Crippen LogP contribution in [0.15, 0.2) is 46.9 Å². The predicted molar refractivity (Wildman–Crippen MR) is 84.2 cm³/mol. The lowest BCUT2D eigenvalue weighted by molar-refractivity contribution is 0.414. The summed E-state index contributed by atoms with van der Waals surface area (Å²) in [5, 5.41) is 4.15. The lowest BCUT2D eigenvalue weighted by atomic mass is 10.1. The maximum atomic E-state index is 5.98. The largest absolute Gasteiger partial charge is 0.497 e. The molecule has 1 atom stereocenters. The number of rotatable bonds is 4. The van der Waals surface area contributed by atoms with Crippen molar-refractivity contribution in [2.45, 2.75) is 13.0 Å². The summed E-state index contributed by atoms with van der Waals surface area (Å²) in [6, 6.07) is 14.1. The van der Waals surface area contributed by atoms with Crippen molar-refractivity contribution >= 4 is 33.2 Å². The van der Waals surface area contributed by atoms with Crippen LogP contribution in [0.25, 0.3) is 0 Å². The van der Waals surface area contributed by atoms with Gasteiger partial charge in [0.25, 0.3) is 0 Å². The lowest BCUT2D eigenvalue weighted by Crippen LogP contribution is -2.06. The second-order valence-electron chi connectivity index (χ2n) is 4.27. The minimum atomic E-state index is 0.207. The van der Waals surface area contributed by atoms with E-state index in [1.165, 1.54) is 5.56 Å². The fourth-order valence-electron chi connectivity index (χ4n) is 1.81. The molecule has 0 saturated carbocycles. The molecule has 4 heteroatoms. The van der Waals surface area contributed by atoms with Crippen LogP contribution >= 0.6 is 27.5 Å². The van der Waals surface area contributed by atoms with Crippen LogP contribution in [-0.4, -0.2) is 7.11 Å². The van der Waals surface area contributed by atoms with Gasteiger partial charge in [-0.2, -0.15) is 0 Å². The highest BCUT2D eigenvalue weighted by Crippen LogP contribution is 2.28. The van der Waals surface area contributed by atoms with Gasteiger partial charge in [0.2, 0.25) is 0 Å². The van der Waals surface area contributed by atoms with E-state index in [9.17, 15) is 0 Å². The van der Waals surface area contributed by atoms with Crippen molar-refractivity contribution in [2.24, 2.45) is 0 Å². The van der Waals surface area contributed by atoms with Gasteiger partial charge in [0.1, 0.15) is 5.75 Å². The first kappa shape index (κ1) is 14.2. The third-order valence-corrected chi connectivity index (χ3v) is 4.13. The zero-order chi connectivity index (χ0) is 13.8. The molecular weight excluding hydrogens is 326 g/mol. The number of halogens is 2. The third kappa shape index (κ3) is 3.64. The van der Waals surface area contributed by atoms with Crippen molar-refractivity contribution < 1.29 is 4.74 Å². The molecule has 1 unspecified atom stereocenters. The van der Waals surface area contributed by atoms with Gasteiger partial charge in [-0.15, -0.1) is 0 Å². The first-order valence-corrected chi connectivity index (χ1v) is 7.13. The number of benzene rings is 2. The van der Waals surface area contributed by atoms with Crippen LogP contribution in [-0.2, 0) is 0 Å². The molecule has 0 amide bonds. The van der Waals surface area contributed by atoms with Crippen LogP contribution < -0.4 is 10.1 Å². The Balaban J connectivity index is 2.10. The van der Waals surface area contributed by atoms with E-state index < -0.39 is 0 Å². The van der Waals surface area contributed by atoms with Crippen LogP contribution in [0.3, 0.4) is 0 Å². The van der Waals surface area contributed by atoms with Gasteiger partial charge in [0, 0.05) is 16.2 Å². The summed E-state index contributed by atoms with van der Waals surface area (Å²) in [6.45, 7) is 2.12. The standard InChI is InChI=1S/C15H15BrClNO/c1-10(11-3-6-13(19-2)7-4-11)18-12-5-8-15(17)14(16)9-12/h3-10,18H,1-2H3. The van der Waals surface area contributed by atoms with Crippen molar-refractivity contribution in [2.75, 3.05) is 12.4 Å². The summed E-state index contributed by atoms with van der Waals surface area (Å²) in [7, 11) is 1.67. The zero-order valence-electron chi connectivity index (χ0n) is 10.8. The van der Waals surface area contributed by atoms with Gasteiger partial charge >= 0.3 is 0 Å². The molecule has 0 bridgehead atoms. The zero-order valence-corrected chi connectivity index (χ0v) is 13.1. The maximum absolute atomic E-state index is 5.98. The van der Waals surface area contributed by atoms with Crippen molar-refractivity contribution in [1.82, 2.24) is 0 Å². The molecule has 0 aliphatic carbocycles. The van der Waals surface area contributed by atoms with E-state index in [-0.39, 0.29) is 6.04 Å². The number of ether oxygens (including phenoxy) is 1. The van der Waals surface area contributed by atoms with Crippen LogP contribution in [0.1, 0.15) is 18.5 Å². The summed E-state index contributed by atoms with van der Waals surface area (Å²) in [5.74, 6) is 0.866. The summed E-state index contributed by atoms with van der Waals surface area (Å²) < 4.78 is 6.04. The molecule has 0 aliphatic heterocycles. The van der Waals surface area contributed by atoms with E-state index in [1.807, 2.05) is 30.3 Å². The van der Waals surface area contributed by atoms with Gasteiger partial charge in [-0.25, -0.2) is 0 Å². The Morgan fingerprint density at radius 3 is 2.42 bits per heavy atom. The van der Waals surface area contributed by atoms with E-state index in [0.29, 0.717) is 5.02 Å².